The van der Waals surface area contributed by atoms with E-state index in [0.717, 1.165) is 38.0 Å². The van der Waals surface area contributed by atoms with E-state index in [1.54, 1.807) is 0 Å². The molecule has 0 saturated heterocycles. The Kier molecular flexibility index (Phi) is 6.06. The molecule has 4 nitrogen and oxygen atoms in total. The van der Waals surface area contributed by atoms with Crippen LogP contribution in [0.4, 0.5) is 0 Å². The third-order valence-corrected chi connectivity index (χ3v) is 3.59. The maximum Gasteiger partial charge on any atom is 0.222 e. The molecule has 0 N–H and O–H groups in total. The Morgan fingerprint density at radius 3 is 2.21 bits per heavy atom. The molecule has 4 heteroatoms. The van der Waals surface area contributed by atoms with Gasteiger partial charge in [0, 0.05) is 32.3 Å². The molecule has 0 unspecified atom stereocenters. The van der Waals surface area contributed by atoms with Gasteiger partial charge in [-0.05, 0) is 38.7 Å². The molecule has 0 aliphatic carbocycles. The first-order valence-corrected chi connectivity index (χ1v) is 7.28. The maximum atomic E-state index is 12.2. The Balaban J connectivity index is 2.62. The lowest BCUT2D eigenvalue weighted by molar-refractivity contribution is -0.131. The van der Waals surface area contributed by atoms with Crippen molar-refractivity contribution in [2.24, 2.45) is 7.05 Å². The second-order valence-electron chi connectivity index (χ2n) is 5.15. The van der Waals surface area contributed by atoms with E-state index in [-0.39, 0.29) is 5.91 Å². The van der Waals surface area contributed by atoms with Crippen molar-refractivity contribution in [3.8, 4) is 0 Å². The van der Waals surface area contributed by atoms with Gasteiger partial charge in [0.15, 0.2) is 0 Å². The average molecular weight is 265 g/mol. The number of nitrogens with zero attached hydrogens (tertiary/aromatic N) is 3. The molecule has 0 aliphatic rings. The Bertz CT molecular complexity index is 417. The monoisotopic (exact) mass is 265 g/mol. The molecule has 0 spiro atoms. The number of carbonyl (C=O) groups excluding carboxylic acids is 1. The minimum atomic E-state index is 0.270. The highest BCUT2D eigenvalue weighted by atomic mass is 16.2. The summed E-state index contributed by atoms with van der Waals surface area (Å²) in [4.78, 5) is 14.2. The van der Waals surface area contributed by atoms with Gasteiger partial charge in [0.05, 0.1) is 5.69 Å². The standard InChI is InChI=1S/C15H27N3O/c1-6-10-18(11-7-2)15(19)9-8-14-12(3)16-17(5)13(14)4/h6-11H2,1-5H3. The molecule has 0 saturated carbocycles. The quantitative estimate of drug-likeness (QED) is 0.760. The van der Waals surface area contributed by atoms with Crippen LogP contribution in [-0.2, 0) is 18.3 Å². The lowest BCUT2D eigenvalue weighted by Crippen LogP contribution is -2.32. The lowest BCUT2D eigenvalue weighted by Gasteiger charge is -2.21. The van der Waals surface area contributed by atoms with Crippen LogP contribution < -0.4 is 0 Å². The molecular weight excluding hydrogens is 238 g/mol. The van der Waals surface area contributed by atoms with Crippen LogP contribution in [0.3, 0.4) is 0 Å². The first kappa shape index (κ1) is 15.7. The fraction of sp³-hybridized carbons (Fsp3) is 0.733. The van der Waals surface area contributed by atoms with Crippen LogP contribution in [-0.4, -0.2) is 33.7 Å². The first-order valence-electron chi connectivity index (χ1n) is 7.28. The predicted molar refractivity (Wildman–Crippen MR) is 78.2 cm³/mol. The van der Waals surface area contributed by atoms with Crippen LogP contribution in [0.5, 0.6) is 0 Å². The summed E-state index contributed by atoms with van der Waals surface area (Å²) in [7, 11) is 1.95. The average Bonchev–Trinajstić information content (AvgIpc) is 2.61. The largest absolute Gasteiger partial charge is 0.343 e. The SMILES string of the molecule is CCCN(CCC)C(=O)CCc1c(C)nn(C)c1C. The van der Waals surface area contributed by atoms with E-state index in [2.05, 4.69) is 25.9 Å². The molecule has 0 atom stereocenters. The van der Waals surface area contributed by atoms with Crippen molar-refractivity contribution in [1.82, 2.24) is 14.7 Å². The predicted octanol–water partition coefficient (Wildman–Crippen LogP) is 2.62. The van der Waals surface area contributed by atoms with Crippen molar-refractivity contribution in [3.05, 3.63) is 17.0 Å². The van der Waals surface area contributed by atoms with E-state index in [4.69, 9.17) is 0 Å². The normalized spacial score (nSPS) is 10.8. The Morgan fingerprint density at radius 1 is 1.21 bits per heavy atom. The molecule has 1 heterocycles. The van der Waals surface area contributed by atoms with E-state index in [0.29, 0.717) is 6.42 Å². The molecule has 0 bridgehead atoms. The number of carbonyl (C=O) groups is 1. The minimum absolute atomic E-state index is 0.270. The third kappa shape index (κ3) is 4.08. The highest BCUT2D eigenvalue weighted by molar-refractivity contribution is 5.76. The topological polar surface area (TPSA) is 38.1 Å². The van der Waals surface area contributed by atoms with Gasteiger partial charge in [-0.25, -0.2) is 0 Å². The van der Waals surface area contributed by atoms with Crippen molar-refractivity contribution in [2.75, 3.05) is 13.1 Å². The third-order valence-electron chi connectivity index (χ3n) is 3.59. The molecule has 0 radical (unpaired) electrons. The molecule has 19 heavy (non-hydrogen) atoms. The van der Waals surface area contributed by atoms with Crippen LogP contribution in [0.15, 0.2) is 0 Å². The molecule has 0 aromatic carbocycles. The van der Waals surface area contributed by atoms with Crippen LogP contribution in [0.25, 0.3) is 0 Å². The van der Waals surface area contributed by atoms with Gasteiger partial charge in [-0.3, -0.25) is 9.48 Å². The molecule has 0 fully saturated rings. The van der Waals surface area contributed by atoms with Gasteiger partial charge < -0.3 is 4.90 Å². The smallest absolute Gasteiger partial charge is 0.222 e. The van der Waals surface area contributed by atoms with Crippen LogP contribution in [0.2, 0.25) is 0 Å². The molecule has 1 aromatic rings. The van der Waals surface area contributed by atoms with Crippen molar-refractivity contribution in [3.63, 3.8) is 0 Å². The second-order valence-corrected chi connectivity index (χ2v) is 5.15. The number of aryl methyl sites for hydroxylation is 2. The Hall–Kier alpha value is -1.32. The van der Waals surface area contributed by atoms with Crippen LogP contribution in [0.1, 0.15) is 50.1 Å². The number of hydrogen-bond donors (Lipinski definition) is 0. The minimum Gasteiger partial charge on any atom is -0.343 e. The highest BCUT2D eigenvalue weighted by Gasteiger charge is 2.15. The van der Waals surface area contributed by atoms with Gasteiger partial charge in [-0.2, -0.15) is 5.10 Å². The van der Waals surface area contributed by atoms with Crippen LogP contribution in [0, 0.1) is 13.8 Å². The lowest BCUT2D eigenvalue weighted by atomic mass is 10.1. The van der Waals surface area contributed by atoms with E-state index < -0.39 is 0 Å². The summed E-state index contributed by atoms with van der Waals surface area (Å²) >= 11 is 0. The Labute approximate surface area is 116 Å². The van der Waals surface area contributed by atoms with Crippen molar-refractivity contribution in [2.45, 2.75) is 53.4 Å². The molecule has 1 aromatic heterocycles. The zero-order valence-corrected chi connectivity index (χ0v) is 13.0. The van der Waals surface area contributed by atoms with Gasteiger partial charge in [0.25, 0.3) is 0 Å². The van der Waals surface area contributed by atoms with E-state index in [1.807, 2.05) is 23.6 Å². The van der Waals surface area contributed by atoms with Crippen LogP contribution >= 0.6 is 0 Å². The number of hydrogen-bond acceptors (Lipinski definition) is 2. The summed E-state index contributed by atoms with van der Waals surface area (Å²) in [5.74, 6) is 0.270. The molecular formula is C15H27N3O. The molecule has 1 rings (SSSR count). The van der Waals surface area contributed by atoms with E-state index in [1.165, 1.54) is 11.3 Å². The van der Waals surface area contributed by atoms with Crippen molar-refractivity contribution < 1.29 is 4.79 Å². The summed E-state index contributed by atoms with van der Waals surface area (Å²) in [5.41, 5.74) is 3.44. The van der Waals surface area contributed by atoms with E-state index >= 15 is 0 Å². The summed E-state index contributed by atoms with van der Waals surface area (Å²) in [6, 6.07) is 0. The fourth-order valence-corrected chi connectivity index (χ4v) is 2.47. The van der Waals surface area contributed by atoms with Crippen molar-refractivity contribution in [1.29, 1.82) is 0 Å². The second kappa shape index (κ2) is 7.31. The zero-order chi connectivity index (χ0) is 14.4. The number of rotatable bonds is 7. The summed E-state index contributed by atoms with van der Waals surface area (Å²) in [5, 5.41) is 4.40. The first-order chi connectivity index (χ1) is 9.01. The van der Waals surface area contributed by atoms with E-state index in [9.17, 15) is 4.79 Å². The van der Waals surface area contributed by atoms with Gasteiger partial charge >= 0.3 is 0 Å². The fourth-order valence-electron chi connectivity index (χ4n) is 2.47. The Morgan fingerprint density at radius 2 is 1.79 bits per heavy atom. The van der Waals surface area contributed by atoms with Gasteiger partial charge in [-0.15, -0.1) is 0 Å². The maximum absolute atomic E-state index is 12.2. The zero-order valence-electron chi connectivity index (χ0n) is 13.0. The summed E-state index contributed by atoms with van der Waals surface area (Å²) in [6.07, 6.45) is 3.44. The molecule has 108 valence electrons. The highest BCUT2D eigenvalue weighted by Crippen LogP contribution is 2.14. The van der Waals surface area contributed by atoms with Gasteiger partial charge in [-0.1, -0.05) is 13.8 Å². The summed E-state index contributed by atoms with van der Waals surface area (Å²) < 4.78 is 1.89. The molecule has 1 amide bonds. The number of amides is 1. The summed E-state index contributed by atoms with van der Waals surface area (Å²) in [6.45, 7) is 10.1. The van der Waals surface area contributed by atoms with Gasteiger partial charge in [0.2, 0.25) is 5.91 Å². The number of aromatic nitrogens is 2. The van der Waals surface area contributed by atoms with Gasteiger partial charge in [0.1, 0.15) is 0 Å². The molecule has 0 aliphatic heterocycles. The van der Waals surface area contributed by atoms with Crippen molar-refractivity contribution >= 4 is 5.91 Å².